The highest BCUT2D eigenvalue weighted by Gasteiger charge is 2.03. The average molecular weight is 346 g/mol. The molecule has 0 amide bonds. The second kappa shape index (κ2) is 19.1. The molecular formula is C17H43N7. The molecule has 0 fully saturated rings. The first-order valence-electron chi connectivity index (χ1n) is 9.63. The number of rotatable bonds is 19. The minimum absolute atomic E-state index is 0.755. The number of hydrogen-bond donors (Lipinski definition) is 5. The quantitative estimate of drug-likeness (QED) is 0.184. The van der Waals surface area contributed by atoms with Crippen LogP contribution in [0.15, 0.2) is 0 Å². The first kappa shape index (κ1) is 23.7. The van der Waals surface area contributed by atoms with E-state index in [1.807, 2.05) is 14.1 Å². The number of nitrogens with zero attached hydrogens (tertiary/aromatic N) is 2. The topological polar surface area (TPSA) is 80.6 Å². The second-order valence-electron chi connectivity index (χ2n) is 6.13. The van der Waals surface area contributed by atoms with Crippen molar-refractivity contribution in [3.63, 3.8) is 0 Å². The summed E-state index contributed by atoms with van der Waals surface area (Å²) in [6.07, 6.45) is 1.19. The summed E-state index contributed by atoms with van der Waals surface area (Å²) in [6.45, 7) is 15.8. The molecule has 0 spiro atoms. The van der Waals surface area contributed by atoms with E-state index in [-0.39, 0.29) is 0 Å². The summed E-state index contributed by atoms with van der Waals surface area (Å²) in [6, 6.07) is 0. The standard InChI is InChI=1S/C17H43N7/c1-4-23(14-6-18)13-5-7-21-8-9-22-12-17-24(15-10-19-2)16-11-20-3/h19-22H,4-18H2,1-3H3. The van der Waals surface area contributed by atoms with Gasteiger partial charge in [-0.2, -0.15) is 0 Å². The van der Waals surface area contributed by atoms with Gasteiger partial charge in [-0.05, 0) is 40.2 Å². The lowest BCUT2D eigenvalue weighted by molar-refractivity contribution is 0.276. The maximum atomic E-state index is 5.60. The molecule has 0 heterocycles. The summed E-state index contributed by atoms with van der Waals surface area (Å²) in [5, 5.41) is 13.5. The Bertz CT molecular complexity index is 233. The SMILES string of the molecule is CCN(CCN)CCCNCCNCCN(CCNC)CCNC. The van der Waals surface area contributed by atoms with Crippen LogP contribution in [0.25, 0.3) is 0 Å². The Labute approximate surface area is 150 Å². The van der Waals surface area contributed by atoms with Gasteiger partial charge in [0.05, 0.1) is 0 Å². The monoisotopic (exact) mass is 345 g/mol. The maximum absolute atomic E-state index is 5.60. The van der Waals surface area contributed by atoms with Crippen LogP contribution in [0.4, 0.5) is 0 Å². The van der Waals surface area contributed by atoms with Crippen LogP contribution < -0.4 is 27.0 Å². The van der Waals surface area contributed by atoms with Gasteiger partial charge >= 0.3 is 0 Å². The van der Waals surface area contributed by atoms with Gasteiger partial charge < -0.3 is 31.9 Å². The van der Waals surface area contributed by atoms with Crippen LogP contribution in [0.5, 0.6) is 0 Å². The first-order chi connectivity index (χ1) is 11.8. The third-order valence-corrected chi connectivity index (χ3v) is 4.16. The lowest BCUT2D eigenvalue weighted by Gasteiger charge is -2.22. The molecule has 0 saturated carbocycles. The molecule has 0 aromatic heterocycles. The third-order valence-electron chi connectivity index (χ3n) is 4.16. The van der Waals surface area contributed by atoms with Crippen molar-refractivity contribution >= 4 is 0 Å². The molecule has 0 radical (unpaired) electrons. The van der Waals surface area contributed by atoms with Gasteiger partial charge in [-0.3, -0.25) is 4.90 Å². The Morgan fingerprint density at radius 1 is 0.667 bits per heavy atom. The van der Waals surface area contributed by atoms with Crippen molar-refractivity contribution in [2.75, 3.05) is 99.2 Å². The summed E-state index contributed by atoms with van der Waals surface area (Å²) < 4.78 is 0. The van der Waals surface area contributed by atoms with Gasteiger partial charge in [-0.1, -0.05) is 6.92 Å². The van der Waals surface area contributed by atoms with Gasteiger partial charge in [0, 0.05) is 65.4 Å². The molecule has 0 aliphatic heterocycles. The molecular weight excluding hydrogens is 302 g/mol. The van der Waals surface area contributed by atoms with Crippen molar-refractivity contribution in [1.82, 2.24) is 31.1 Å². The number of nitrogens with two attached hydrogens (primary N) is 1. The molecule has 0 aliphatic carbocycles. The zero-order valence-electron chi connectivity index (χ0n) is 16.4. The predicted molar refractivity (Wildman–Crippen MR) is 106 cm³/mol. The van der Waals surface area contributed by atoms with E-state index in [2.05, 4.69) is 38.0 Å². The molecule has 146 valence electrons. The van der Waals surface area contributed by atoms with Crippen LogP contribution in [-0.4, -0.2) is 109 Å². The molecule has 24 heavy (non-hydrogen) atoms. The third kappa shape index (κ3) is 15.3. The molecule has 0 saturated heterocycles. The lowest BCUT2D eigenvalue weighted by atomic mass is 10.3. The molecule has 0 atom stereocenters. The Morgan fingerprint density at radius 3 is 1.79 bits per heavy atom. The number of likely N-dealkylation sites (N-methyl/N-ethyl adjacent to an activating group) is 3. The lowest BCUT2D eigenvalue weighted by Crippen LogP contribution is -2.40. The zero-order chi connectivity index (χ0) is 17.9. The van der Waals surface area contributed by atoms with Gasteiger partial charge in [0.1, 0.15) is 0 Å². The van der Waals surface area contributed by atoms with Crippen LogP contribution in [0.3, 0.4) is 0 Å². The largest absolute Gasteiger partial charge is 0.329 e. The summed E-state index contributed by atoms with van der Waals surface area (Å²) in [7, 11) is 4.02. The van der Waals surface area contributed by atoms with Crippen LogP contribution in [0.1, 0.15) is 13.3 Å². The fourth-order valence-electron chi connectivity index (χ4n) is 2.58. The highest BCUT2D eigenvalue weighted by atomic mass is 15.2. The summed E-state index contributed by atoms with van der Waals surface area (Å²) >= 11 is 0. The van der Waals surface area contributed by atoms with E-state index in [1.165, 1.54) is 6.42 Å². The summed E-state index contributed by atoms with van der Waals surface area (Å²) in [5.41, 5.74) is 5.60. The van der Waals surface area contributed by atoms with Crippen molar-refractivity contribution in [3.05, 3.63) is 0 Å². The molecule has 0 unspecified atom stereocenters. The van der Waals surface area contributed by atoms with E-state index >= 15 is 0 Å². The van der Waals surface area contributed by atoms with Crippen LogP contribution in [0, 0.1) is 0 Å². The summed E-state index contributed by atoms with van der Waals surface area (Å²) in [4.78, 5) is 4.90. The molecule has 0 aliphatic rings. The van der Waals surface area contributed by atoms with E-state index in [0.29, 0.717) is 0 Å². The van der Waals surface area contributed by atoms with Crippen LogP contribution >= 0.6 is 0 Å². The molecule has 7 nitrogen and oxygen atoms in total. The Kier molecular flexibility index (Phi) is 18.8. The molecule has 0 bridgehead atoms. The van der Waals surface area contributed by atoms with Gasteiger partial charge in [0.2, 0.25) is 0 Å². The van der Waals surface area contributed by atoms with Crippen molar-refractivity contribution in [1.29, 1.82) is 0 Å². The van der Waals surface area contributed by atoms with E-state index in [0.717, 1.165) is 85.1 Å². The molecule has 0 aromatic carbocycles. The molecule has 0 aromatic rings. The van der Waals surface area contributed by atoms with Gasteiger partial charge in [0.25, 0.3) is 0 Å². The first-order valence-corrected chi connectivity index (χ1v) is 9.63. The van der Waals surface area contributed by atoms with Crippen molar-refractivity contribution < 1.29 is 0 Å². The van der Waals surface area contributed by atoms with E-state index < -0.39 is 0 Å². The fourth-order valence-corrected chi connectivity index (χ4v) is 2.58. The van der Waals surface area contributed by atoms with Gasteiger partial charge in [-0.15, -0.1) is 0 Å². The smallest absolute Gasteiger partial charge is 0.0108 e. The van der Waals surface area contributed by atoms with Crippen molar-refractivity contribution in [2.24, 2.45) is 5.73 Å². The highest BCUT2D eigenvalue weighted by Crippen LogP contribution is 1.89. The van der Waals surface area contributed by atoms with E-state index in [9.17, 15) is 0 Å². The Hall–Kier alpha value is -0.280. The zero-order valence-corrected chi connectivity index (χ0v) is 16.4. The predicted octanol–water partition coefficient (Wildman–Crippen LogP) is -1.42. The minimum atomic E-state index is 0.755. The van der Waals surface area contributed by atoms with Crippen LogP contribution in [-0.2, 0) is 0 Å². The Balaban J connectivity index is 3.46. The van der Waals surface area contributed by atoms with Crippen molar-refractivity contribution in [2.45, 2.75) is 13.3 Å². The highest BCUT2D eigenvalue weighted by molar-refractivity contribution is 4.63. The van der Waals surface area contributed by atoms with Gasteiger partial charge in [0.15, 0.2) is 0 Å². The molecule has 0 rings (SSSR count). The van der Waals surface area contributed by atoms with Gasteiger partial charge in [-0.25, -0.2) is 0 Å². The minimum Gasteiger partial charge on any atom is -0.329 e. The van der Waals surface area contributed by atoms with E-state index in [1.54, 1.807) is 0 Å². The fraction of sp³-hybridized carbons (Fsp3) is 1.00. The number of nitrogens with one attached hydrogen (secondary N) is 4. The van der Waals surface area contributed by atoms with Crippen molar-refractivity contribution in [3.8, 4) is 0 Å². The van der Waals surface area contributed by atoms with Crippen LogP contribution in [0.2, 0.25) is 0 Å². The average Bonchev–Trinajstić information content (AvgIpc) is 2.60. The molecule has 7 heteroatoms. The maximum Gasteiger partial charge on any atom is 0.0108 e. The number of hydrogen-bond acceptors (Lipinski definition) is 7. The summed E-state index contributed by atoms with van der Waals surface area (Å²) in [5.74, 6) is 0. The second-order valence-corrected chi connectivity index (χ2v) is 6.13. The normalized spacial score (nSPS) is 11.8. The molecule has 6 N–H and O–H groups in total. The Morgan fingerprint density at radius 2 is 1.25 bits per heavy atom. The van der Waals surface area contributed by atoms with E-state index in [4.69, 9.17) is 5.73 Å².